The van der Waals surface area contributed by atoms with Gasteiger partial charge >= 0.3 is 0 Å². The van der Waals surface area contributed by atoms with Crippen LogP contribution in [0.3, 0.4) is 0 Å². The van der Waals surface area contributed by atoms with E-state index < -0.39 is 0 Å². The first-order valence-corrected chi connectivity index (χ1v) is 6.02. The summed E-state index contributed by atoms with van der Waals surface area (Å²) in [6.45, 7) is 6.33. The van der Waals surface area contributed by atoms with E-state index >= 15 is 0 Å². The Balaban J connectivity index is 1.98. The van der Waals surface area contributed by atoms with Crippen LogP contribution in [0.25, 0.3) is 0 Å². The van der Waals surface area contributed by atoms with Gasteiger partial charge in [-0.05, 0) is 13.0 Å². The molecule has 1 heterocycles. The van der Waals surface area contributed by atoms with Crippen molar-refractivity contribution in [1.82, 2.24) is 25.6 Å². The van der Waals surface area contributed by atoms with Crippen molar-refractivity contribution in [3.8, 4) is 0 Å². The summed E-state index contributed by atoms with van der Waals surface area (Å²) in [4.78, 5) is 11.4. The second kappa shape index (κ2) is 7.78. The predicted octanol–water partition coefficient (Wildman–Crippen LogP) is 0.173. The van der Waals surface area contributed by atoms with Gasteiger partial charge in [-0.3, -0.25) is 9.48 Å². The van der Waals surface area contributed by atoms with Gasteiger partial charge in [0, 0.05) is 25.2 Å². The minimum Gasteiger partial charge on any atom is -0.354 e. The van der Waals surface area contributed by atoms with Crippen molar-refractivity contribution in [3.05, 3.63) is 12.4 Å². The Kier molecular flexibility index (Phi) is 6.24. The summed E-state index contributed by atoms with van der Waals surface area (Å²) in [6.07, 6.45) is 4.84. The van der Waals surface area contributed by atoms with Crippen molar-refractivity contribution in [2.45, 2.75) is 39.3 Å². The molecule has 0 atom stereocenters. The van der Waals surface area contributed by atoms with E-state index in [1.807, 2.05) is 0 Å². The van der Waals surface area contributed by atoms with Crippen molar-refractivity contribution < 1.29 is 4.79 Å². The molecule has 0 fully saturated rings. The molecule has 0 aliphatic heterocycles. The second-order valence-corrected chi connectivity index (χ2v) is 4.23. The number of rotatable bonds is 8. The van der Waals surface area contributed by atoms with Gasteiger partial charge in [0.1, 0.15) is 0 Å². The second-order valence-electron chi connectivity index (χ2n) is 4.23. The molecule has 96 valence electrons. The highest BCUT2D eigenvalue weighted by Gasteiger charge is 2.01. The number of nitrogens with one attached hydrogen (secondary N) is 2. The summed E-state index contributed by atoms with van der Waals surface area (Å²) in [5.41, 5.74) is 0. The van der Waals surface area contributed by atoms with E-state index in [2.05, 4.69) is 34.8 Å². The fourth-order valence-corrected chi connectivity index (χ4v) is 1.39. The topological polar surface area (TPSA) is 71.8 Å². The summed E-state index contributed by atoms with van der Waals surface area (Å²) < 4.78 is 1.70. The molecule has 2 N–H and O–H groups in total. The van der Waals surface area contributed by atoms with Gasteiger partial charge in [0.25, 0.3) is 0 Å². The highest BCUT2D eigenvalue weighted by atomic mass is 16.1. The highest BCUT2D eigenvalue weighted by Crippen LogP contribution is 1.88. The quantitative estimate of drug-likeness (QED) is 0.634. The molecular weight excluding hydrogens is 218 g/mol. The number of hydrogen-bond donors (Lipinski definition) is 2. The molecule has 0 aromatic carbocycles. The molecule has 6 nitrogen and oxygen atoms in total. The molecule has 0 unspecified atom stereocenters. The summed E-state index contributed by atoms with van der Waals surface area (Å²) in [7, 11) is 0. The molecule has 0 aliphatic carbocycles. The molecule has 1 aromatic heterocycles. The Hall–Kier alpha value is -1.43. The largest absolute Gasteiger partial charge is 0.354 e. The van der Waals surface area contributed by atoms with Crippen molar-refractivity contribution >= 4 is 5.91 Å². The molecule has 0 saturated heterocycles. The summed E-state index contributed by atoms with van der Waals surface area (Å²) in [6, 6.07) is 0.477. The fraction of sp³-hybridized carbons (Fsp3) is 0.727. The maximum atomic E-state index is 11.4. The maximum Gasteiger partial charge on any atom is 0.220 e. The molecule has 0 radical (unpaired) electrons. The van der Waals surface area contributed by atoms with Gasteiger partial charge in [-0.25, -0.2) is 0 Å². The first-order chi connectivity index (χ1) is 8.18. The van der Waals surface area contributed by atoms with Crippen LogP contribution in [0.15, 0.2) is 12.4 Å². The SMILES string of the molecule is CC(C)NCCCC(=O)NCCn1ccnn1. The maximum absolute atomic E-state index is 11.4. The van der Waals surface area contributed by atoms with E-state index in [1.165, 1.54) is 0 Å². The zero-order valence-corrected chi connectivity index (χ0v) is 10.5. The number of amides is 1. The highest BCUT2D eigenvalue weighted by molar-refractivity contribution is 5.75. The van der Waals surface area contributed by atoms with Gasteiger partial charge in [-0.15, -0.1) is 5.10 Å². The summed E-state index contributed by atoms with van der Waals surface area (Å²) in [5.74, 6) is 0.0932. The van der Waals surface area contributed by atoms with Crippen molar-refractivity contribution in [3.63, 3.8) is 0 Å². The smallest absolute Gasteiger partial charge is 0.220 e. The lowest BCUT2D eigenvalue weighted by molar-refractivity contribution is -0.121. The third kappa shape index (κ3) is 6.68. The van der Waals surface area contributed by atoms with Gasteiger partial charge in [-0.1, -0.05) is 19.1 Å². The number of aromatic nitrogens is 3. The summed E-state index contributed by atoms with van der Waals surface area (Å²) in [5, 5.41) is 13.6. The number of hydrogen-bond acceptors (Lipinski definition) is 4. The van der Waals surface area contributed by atoms with Gasteiger partial charge in [0.2, 0.25) is 5.91 Å². The molecule has 17 heavy (non-hydrogen) atoms. The minimum atomic E-state index is 0.0932. The molecule has 0 bridgehead atoms. The van der Waals surface area contributed by atoms with Crippen LogP contribution in [0.4, 0.5) is 0 Å². The molecule has 1 aromatic rings. The Morgan fingerprint density at radius 3 is 2.88 bits per heavy atom. The van der Waals surface area contributed by atoms with Crippen LogP contribution >= 0.6 is 0 Å². The number of carbonyl (C=O) groups is 1. The predicted molar refractivity (Wildman–Crippen MR) is 65.4 cm³/mol. The van der Waals surface area contributed by atoms with Crippen LogP contribution in [-0.4, -0.2) is 40.0 Å². The Morgan fingerprint density at radius 2 is 2.24 bits per heavy atom. The van der Waals surface area contributed by atoms with Crippen molar-refractivity contribution in [1.29, 1.82) is 0 Å². The minimum absolute atomic E-state index is 0.0932. The standard InChI is InChI=1S/C11H21N5O/c1-10(2)12-5-3-4-11(17)13-6-8-16-9-7-14-15-16/h7,9-10,12H,3-6,8H2,1-2H3,(H,13,17). The zero-order valence-electron chi connectivity index (χ0n) is 10.5. The lowest BCUT2D eigenvalue weighted by atomic mass is 10.2. The average Bonchev–Trinajstić information content (AvgIpc) is 2.77. The molecule has 0 aliphatic rings. The molecular formula is C11H21N5O. The van der Waals surface area contributed by atoms with Crippen LogP contribution in [-0.2, 0) is 11.3 Å². The monoisotopic (exact) mass is 239 g/mol. The van der Waals surface area contributed by atoms with Gasteiger partial charge in [0.15, 0.2) is 0 Å². The van der Waals surface area contributed by atoms with Crippen molar-refractivity contribution in [2.75, 3.05) is 13.1 Å². The van der Waals surface area contributed by atoms with Crippen molar-refractivity contribution in [2.24, 2.45) is 0 Å². The Labute approximate surface area is 102 Å². The first-order valence-electron chi connectivity index (χ1n) is 6.02. The van der Waals surface area contributed by atoms with Gasteiger partial charge < -0.3 is 10.6 Å². The normalized spacial score (nSPS) is 10.8. The van der Waals surface area contributed by atoms with E-state index in [0.29, 0.717) is 25.6 Å². The van der Waals surface area contributed by atoms with Gasteiger partial charge in [0.05, 0.1) is 12.7 Å². The van der Waals surface area contributed by atoms with Crippen LogP contribution in [0.5, 0.6) is 0 Å². The van der Waals surface area contributed by atoms with Gasteiger partial charge in [-0.2, -0.15) is 0 Å². The molecule has 0 saturated carbocycles. The van der Waals surface area contributed by atoms with E-state index in [0.717, 1.165) is 13.0 Å². The molecule has 1 amide bonds. The lowest BCUT2D eigenvalue weighted by Crippen LogP contribution is -2.29. The van der Waals surface area contributed by atoms with Crippen LogP contribution in [0.1, 0.15) is 26.7 Å². The first kappa shape index (κ1) is 13.6. The van der Waals surface area contributed by atoms with Crippen LogP contribution in [0, 0.1) is 0 Å². The zero-order chi connectivity index (χ0) is 12.5. The number of carbonyl (C=O) groups excluding carboxylic acids is 1. The lowest BCUT2D eigenvalue weighted by Gasteiger charge is -2.08. The van der Waals surface area contributed by atoms with Crippen LogP contribution < -0.4 is 10.6 Å². The number of nitrogens with zero attached hydrogens (tertiary/aromatic N) is 3. The van der Waals surface area contributed by atoms with E-state index in [-0.39, 0.29) is 5.91 Å². The van der Waals surface area contributed by atoms with E-state index in [4.69, 9.17) is 0 Å². The van der Waals surface area contributed by atoms with Crippen LogP contribution in [0.2, 0.25) is 0 Å². The van der Waals surface area contributed by atoms with E-state index in [9.17, 15) is 4.79 Å². The Bertz CT molecular complexity index is 310. The molecule has 6 heteroatoms. The third-order valence-electron chi connectivity index (χ3n) is 2.27. The third-order valence-corrected chi connectivity index (χ3v) is 2.27. The Morgan fingerprint density at radius 1 is 1.41 bits per heavy atom. The van der Waals surface area contributed by atoms with E-state index in [1.54, 1.807) is 17.1 Å². The fourth-order valence-electron chi connectivity index (χ4n) is 1.39. The molecule has 1 rings (SSSR count). The summed E-state index contributed by atoms with van der Waals surface area (Å²) >= 11 is 0. The average molecular weight is 239 g/mol. The molecule has 0 spiro atoms.